The van der Waals surface area contributed by atoms with Gasteiger partial charge in [0.2, 0.25) is 15.9 Å². The lowest BCUT2D eigenvalue weighted by atomic mass is 10.1. The zero-order chi connectivity index (χ0) is 18.3. The highest BCUT2D eigenvalue weighted by Crippen LogP contribution is 2.15. The first-order chi connectivity index (χ1) is 11.9. The van der Waals surface area contributed by atoms with Crippen LogP contribution in [0.1, 0.15) is 5.56 Å². The van der Waals surface area contributed by atoms with E-state index in [4.69, 9.17) is 5.11 Å². The Bertz CT molecular complexity index is 795. The standard InChI is InChI=1S/C17H19BrN2O4S/c18-14-6-8-15(9-7-14)25(23,24)20-16(17(22)19-10-11-21)12-13-4-2-1-3-5-13/h1-9,16,20-21H,10-12H2,(H,19,22)/t16-/m0/s1. The minimum absolute atomic E-state index is 0.0597. The molecule has 0 aliphatic carbocycles. The highest BCUT2D eigenvalue weighted by Gasteiger charge is 2.25. The van der Waals surface area contributed by atoms with E-state index in [2.05, 4.69) is 26.0 Å². The number of carbonyl (C=O) groups excluding carboxylic acids is 1. The molecule has 2 aromatic carbocycles. The van der Waals surface area contributed by atoms with Gasteiger partial charge in [-0.05, 0) is 36.2 Å². The molecule has 0 unspecified atom stereocenters. The van der Waals surface area contributed by atoms with E-state index in [1.54, 1.807) is 12.1 Å². The van der Waals surface area contributed by atoms with Crippen LogP contribution in [0.4, 0.5) is 0 Å². The molecule has 2 rings (SSSR count). The molecule has 8 heteroatoms. The fourth-order valence-electron chi connectivity index (χ4n) is 2.21. The Labute approximate surface area is 155 Å². The second-order valence-corrected chi connectivity index (χ2v) is 7.96. The molecule has 0 aliphatic rings. The predicted octanol–water partition coefficient (Wildman–Crippen LogP) is 1.45. The number of nitrogens with one attached hydrogen (secondary N) is 2. The summed E-state index contributed by atoms with van der Waals surface area (Å²) in [4.78, 5) is 12.4. The third kappa shape index (κ3) is 5.93. The number of halogens is 1. The highest BCUT2D eigenvalue weighted by molar-refractivity contribution is 9.10. The average Bonchev–Trinajstić information content (AvgIpc) is 2.60. The monoisotopic (exact) mass is 426 g/mol. The lowest BCUT2D eigenvalue weighted by molar-refractivity contribution is -0.122. The smallest absolute Gasteiger partial charge is 0.241 e. The number of sulfonamides is 1. The molecule has 25 heavy (non-hydrogen) atoms. The number of hydrogen-bond donors (Lipinski definition) is 3. The third-order valence-corrected chi connectivity index (χ3v) is 5.45. The fraction of sp³-hybridized carbons (Fsp3) is 0.235. The van der Waals surface area contributed by atoms with Crippen LogP contribution in [-0.2, 0) is 21.2 Å². The van der Waals surface area contributed by atoms with Crippen molar-refractivity contribution < 1.29 is 18.3 Å². The summed E-state index contributed by atoms with van der Waals surface area (Å²) in [6, 6.07) is 14.3. The van der Waals surface area contributed by atoms with Gasteiger partial charge < -0.3 is 10.4 Å². The molecule has 0 radical (unpaired) electrons. The minimum atomic E-state index is -3.86. The number of rotatable bonds is 8. The fourth-order valence-corrected chi connectivity index (χ4v) is 3.67. The van der Waals surface area contributed by atoms with Gasteiger partial charge >= 0.3 is 0 Å². The highest BCUT2D eigenvalue weighted by atomic mass is 79.9. The Morgan fingerprint density at radius 2 is 1.72 bits per heavy atom. The Morgan fingerprint density at radius 1 is 1.08 bits per heavy atom. The molecule has 0 saturated heterocycles. The molecule has 2 aromatic rings. The topological polar surface area (TPSA) is 95.5 Å². The van der Waals surface area contributed by atoms with E-state index in [0.29, 0.717) is 0 Å². The van der Waals surface area contributed by atoms with Crippen molar-refractivity contribution in [2.75, 3.05) is 13.2 Å². The van der Waals surface area contributed by atoms with Gasteiger partial charge in [-0.25, -0.2) is 8.42 Å². The second-order valence-electron chi connectivity index (χ2n) is 5.33. The number of carbonyl (C=O) groups is 1. The lowest BCUT2D eigenvalue weighted by Crippen LogP contribution is -2.48. The van der Waals surface area contributed by atoms with Gasteiger partial charge in [-0.1, -0.05) is 46.3 Å². The van der Waals surface area contributed by atoms with E-state index in [9.17, 15) is 13.2 Å². The SMILES string of the molecule is O=C(NCCO)[C@H](Cc1ccccc1)NS(=O)(=O)c1ccc(Br)cc1. The summed E-state index contributed by atoms with van der Waals surface area (Å²) in [5.74, 6) is -0.487. The summed E-state index contributed by atoms with van der Waals surface area (Å²) in [6.07, 6.45) is 0.202. The molecule has 0 heterocycles. The van der Waals surface area contributed by atoms with Crippen LogP contribution in [0.15, 0.2) is 64.0 Å². The van der Waals surface area contributed by atoms with Gasteiger partial charge in [-0.2, -0.15) is 4.72 Å². The summed E-state index contributed by atoms with van der Waals surface area (Å²) < 4.78 is 28.3. The number of aliphatic hydroxyl groups excluding tert-OH is 1. The summed E-state index contributed by atoms with van der Waals surface area (Å²) in [5.41, 5.74) is 0.824. The van der Waals surface area contributed by atoms with Crippen molar-refractivity contribution in [1.82, 2.24) is 10.0 Å². The van der Waals surface area contributed by atoms with Gasteiger partial charge in [0.1, 0.15) is 6.04 Å². The van der Waals surface area contributed by atoms with Crippen LogP contribution >= 0.6 is 15.9 Å². The Kier molecular flexibility index (Phi) is 7.12. The molecule has 1 atom stereocenters. The second kappa shape index (κ2) is 9.10. The summed E-state index contributed by atoms with van der Waals surface area (Å²) >= 11 is 3.26. The van der Waals surface area contributed by atoms with Crippen LogP contribution in [0.3, 0.4) is 0 Å². The first-order valence-corrected chi connectivity index (χ1v) is 9.90. The van der Waals surface area contributed by atoms with E-state index < -0.39 is 22.0 Å². The zero-order valence-electron chi connectivity index (χ0n) is 13.4. The maximum absolute atomic E-state index is 12.6. The number of amides is 1. The van der Waals surface area contributed by atoms with Gasteiger partial charge in [0.25, 0.3) is 0 Å². The Balaban J connectivity index is 2.22. The van der Waals surface area contributed by atoms with Gasteiger partial charge in [0.05, 0.1) is 11.5 Å². The molecule has 6 nitrogen and oxygen atoms in total. The van der Waals surface area contributed by atoms with Crippen molar-refractivity contribution >= 4 is 31.9 Å². The van der Waals surface area contributed by atoms with Crippen LogP contribution in [0.2, 0.25) is 0 Å². The summed E-state index contributed by atoms with van der Waals surface area (Å²) in [6.45, 7) is -0.159. The molecule has 0 aromatic heterocycles. The van der Waals surface area contributed by atoms with Crippen molar-refractivity contribution in [3.63, 3.8) is 0 Å². The molecule has 0 aliphatic heterocycles. The van der Waals surface area contributed by atoms with Gasteiger partial charge in [0.15, 0.2) is 0 Å². The average molecular weight is 427 g/mol. The molecule has 0 saturated carbocycles. The quantitative estimate of drug-likeness (QED) is 0.594. The summed E-state index contributed by atoms with van der Waals surface area (Å²) in [5, 5.41) is 11.4. The molecular formula is C17H19BrN2O4S. The summed E-state index contributed by atoms with van der Waals surface area (Å²) in [7, 11) is -3.86. The molecule has 1 amide bonds. The van der Waals surface area contributed by atoms with E-state index >= 15 is 0 Å². The van der Waals surface area contributed by atoms with E-state index in [0.717, 1.165) is 10.0 Å². The van der Waals surface area contributed by atoms with Crippen LogP contribution in [0.25, 0.3) is 0 Å². The van der Waals surface area contributed by atoms with E-state index in [1.165, 1.54) is 12.1 Å². The van der Waals surface area contributed by atoms with Gasteiger partial charge in [-0.3, -0.25) is 4.79 Å². The van der Waals surface area contributed by atoms with Crippen LogP contribution in [0, 0.1) is 0 Å². The molecule has 3 N–H and O–H groups in total. The number of hydrogen-bond acceptors (Lipinski definition) is 4. The predicted molar refractivity (Wildman–Crippen MR) is 98.5 cm³/mol. The minimum Gasteiger partial charge on any atom is -0.395 e. The first-order valence-electron chi connectivity index (χ1n) is 7.63. The molecular weight excluding hydrogens is 408 g/mol. The lowest BCUT2D eigenvalue weighted by Gasteiger charge is -2.18. The normalized spacial score (nSPS) is 12.6. The van der Waals surface area contributed by atoms with Gasteiger partial charge in [-0.15, -0.1) is 0 Å². The molecule has 0 fully saturated rings. The van der Waals surface area contributed by atoms with E-state index in [1.807, 2.05) is 30.3 Å². The van der Waals surface area contributed by atoms with Crippen LogP contribution in [0.5, 0.6) is 0 Å². The van der Waals surface area contributed by atoms with Crippen molar-refractivity contribution in [1.29, 1.82) is 0 Å². The van der Waals surface area contributed by atoms with Crippen molar-refractivity contribution in [3.8, 4) is 0 Å². The first kappa shape index (κ1) is 19.6. The van der Waals surface area contributed by atoms with Crippen LogP contribution in [-0.4, -0.2) is 38.6 Å². The van der Waals surface area contributed by atoms with E-state index in [-0.39, 0.29) is 24.5 Å². The van der Waals surface area contributed by atoms with Crippen molar-refractivity contribution in [3.05, 3.63) is 64.6 Å². The van der Waals surface area contributed by atoms with Crippen molar-refractivity contribution in [2.45, 2.75) is 17.4 Å². The third-order valence-electron chi connectivity index (χ3n) is 3.43. The number of aliphatic hydroxyl groups is 1. The van der Waals surface area contributed by atoms with Crippen molar-refractivity contribution in [2.24, 2.45) is 0 Å². The molecule has 0 bridgehead atoms. The largest absolute Gasteiger partial charge is 0.395 e. The van der Waals surface area contributed by atoms with Crippen LogP contribution < -0.4 is 10.0 Å². The number of benzene rings is 2. The maximum atomic E-state index is 12.6. The van der Waals surface area contributed by atoms with Gasteiger partial charge in [0, 0.05) is 11.0 Å². The zero-order valence-corrected chi connectivity index (χ0v) is 15.8. The molecule has 134 valence electrons. The Hall–Kier alpha value is -1.74. The maximum Gasteiger partial charge on any atom is 0.241 e. The molecule has 0 spiro atoms. The Morgan fingerprint density at radius 3 is 2.32 bits per heavy atom.